The first-order chi connectivity index (χ1) is 12.8. The van der Waals surface area contributed by atoms with Crippen LogP contribution in [0.15, 0.2) is 79.0 Å². The molecule has 0 aliphatic rings. The molecule has 4 rings (SSSR count). The molecule has 1 heterocycles. The Balaban J connectivity index is 1.52. The fraction of sp³-hybridized carbons (Fsp3) is 0.0476. The van der Waals surface area contributed by atoms with E-state index in [0.717, 1.165) is 16.5 Å². The molecule has 0 spiro atoms. The number of carbonyl (C=O) groups excluding carboxylic acids is 1. The molecule has 26 heavy (non-hydrogen) atoms. The van der Waals surface area contributed by atoms with Gasteiger partial charge in [0.2, 0.25) is 0 Å². The minimum absolute atomic E-state index is 0.215. The zero-order chi connectivity index (χ0) is 17.8. The van der Waals surface area contributed by atoms with Gasteiger partial charge in [-0.1, -0.05) is 42.5 Å². The lowest BCUT2D eigenvalue weighted by Gasteiger charge is -2.12. The van der Waals surface area contributed by atoms with E-state index in [1.807, 2.05) is 60.7 Å². The van der Waals surface area contributed by atoms with Crippen LogP contribution in [-0.4, -0.2) is 16.1 Å². The molecule has 0 atom stereocenters. The number of nitrogens with zero attached hydrogens (tertiary/aromatic N) is 1. The van der Waals surface area contributed by atoms with Crippen LogP contribution in [0.2, 0.25) is 0 Å². The number of benzene rings is 3. The minimum atomic E-state index is -0.215. The molecule has 2 N–H and O–H groups in total. The van der Waals surface area contributed by atoms with Crippen molar-refractivity contribution in [3.8, 4) is 5.75 Å². The molecule has 1 aromatic heterocycles. The van der Waals surface area contributed by atoms with Gasteiger partial charge in [-0.25, -0.2) is 0 Å². The van der Waals surface area contributed by atoms with Crippen LogP contribution < -0.4 is 10.1 Å². The summed E-state index contributed by atoms with van der Waals surface area (Å²) in [5.41, 5.74) is 3.11. The molecule has 4 aromatic rings. The van der Waals surface area contributed by atoms with E-state index in [2.05, 4.69) is 15.5 Å². The topological polar surface area (TPSA) is 67.0 Å². The maximum atomic E-state index is 12.7. The first kappa shape index (κ1) is 15.9. The zero-order valence-electron chi connectivity index (χ0n) is 14.0. The van der Waals surface area contributed by atoms with Crippen LogP contribution in [0.1, 0.15) is 15.9 Å². The smallest absolute Gasteiger partial charge is 0.259 e. The van der Waals surface area contributed by atoms with Gasteiger partial charge in [0.25, 0.3) is 5.91 Å². The van der Waals surface area contributed by atoms with E-state index >= 15 is 0 Å². The molecule has 0 aliphatic heterocycles. The third-order valence-electron chi connectivity index (χ3n) is 4.07. The number of aromatic nitrogens is 2. The Morgan fingerprint density at radius 1 is 1.00 bits per heavy atom. The van der Waals surface area contributed by atoms with Crippen molar-refractivity contribution in [3.05, 3.63) is 90.1 Å². The van der Waals surface area contributed by atoms with Gasteiger partial charge in [0, 0.05) is 11.1 Å². The molecule has 0 saturated carbocycles. The number of para-hydroxylation sites is 1. The SMILES string of the molecule is O=C(Nc1ccc2cn[nH]c2c1)c1ccccc1OCc1ccccc1. The van der Waals surface area contributed by atoms with Gasteiger partial charge in [-0.05, 0) is 35.9 Å². The van der Waals surface area contributed by atoms with Crippen LogP contribution in [0.5, 0.6) is 5.75 Å². The van der Waals surface area contributed by atoms with Gasteiger partial charge < -0.3 is 10.1 Å². The van der Waals surface area contributed by atoms with Crippen molar-refractivity contribution in [2.75, 3.05) is 5.32 Å². The average molecular weight is 343 g/mol. The Morgan fingerprint density at radius 3 is 2.69 bits per heavy atom. The van der Waals surface area contributed by atoms with E-state index in [1.165, 1.54) is 0 Å². The van der Waals surface area contributed by atoms with Crippen molar-refractivity contribution >= 4 is 22.5 Å². The second kappa shape index (κ2) is 7.11. The van der Waals surface area contributed by atoms with Gasteiger partial charge in [0.1, 0.15) is 12.4 Å². The van der Waals surface area contributed by atoms with Gasteiger partial charge in [-0.2, -0.15) is 5.10 Å². The third kappa shape index (κ3) is 3.42. The van der Waals surface area contributed by atoms with Crippen molar-refractivity contribution in [3.63, 3.8) is 0 Å². The molecule has 0 unspecified atom stereocenters. The Morgan fingerprint density at radius 2 is 1.81 bits per heavy atom. The van der Waals surface area contributed by atoms with Gasteiger partial charge in [0.05, 0.1) is 17.3 Å². The van der Waals surface area contributed by atoms with E-state index in [4.69, 9.17) is 4.74 Å². The highest BCUT2D eigenvalue weighted by atomic mass is 16.5. The van der Waals surface area contributed by atoms with Gasteiger partial charge in [-0.3, -0.25) is 9.89 Å². The van der Waals surface area contributed by atoms with Crippen molar-refractivity contribution < 1.29 is 9.53 Å². The number of H-pyrrole nitrogens is 1. The highest BCUT2D eigenvalue weighted by molar-refractivity contribution is 6.06. The van der Waals surface area contributed by atoms with E-state index in [1.54, 1.807) is 18.3 Å². The van der Waals surface area contributed by atoms with Crippen molar-refractivity contribution in [1.29, 1.82) is 0 Å². The molecule has 0 radical (unpaired) electrons. The Labute approximate surface area is 150 Å². The lowest BCUT2D eigenvalue weighted by atomic mass is 10.1. The predicted molar refractivity (Wildman–Crippen MR) is 101 cm³/mol. The Hall–Kier alpha value is -3.60. The monoisotopic (exact) mass is 343 g/mol. The molecule has 128 valence electrons. The maximum absolute atomic E-state index is 12.7. The maximum Gasteiger partial charge on any atom is 0.259 e. The van der Waals surface area contributed by atoms with E-state index in [9.17, 15) is 4.79 Å². The molecule has 1 amide bonds. The molecule has 5 heteroatoms. The molecule has 5 nitrogen and oxygen atoms in total. The number of nitrogens with one attached hydrogen (secondary N) is 2. The number of rotatable bonds is 5. The quantitative estimate of drug-likeness (QED) is 0.564. The fourth-order valence-corrected chi connectivity index (χ4v) is 2.73. The normalized spacial score (nSPS) is 10.6. The molecular weight excluding hydrogens is 326 g/mol. The number of ether oxygens (including phenoxy) is 1. The number of hydrogen-bond acceptors (Lipinski definition) is 3. The number of aromatic amines is 1. The van der Waals surface area contributed by atoms with Gasteiger partial charge >= 0.3 is 0 Å². The highest BCUT2D eigenvalue weighted by Gasteiger charge is 2.13. The van der Waals surface area contributed by atoms with E-state index < -0.39 is 0 Å². The summed E-state index contributed by atoms with van der Waals surface area (Å²) in [4.78, 5) is 12.7. The van der Waals surface area contributed by atoms with Gasteiger partial charge in [-0.15, -0.1) is 0 Å². The average Bonchev–Trinajstić information content (AvgIpc) is 3.15. The van der Waals surface area contributed by atoms with E-state index in [0.29, 0.717) is 23.6 Å². The number of carbonyl (C=O) groups is 1. The zero-order valence-corrected chi connectivity index (χ0v) is 14.0. The molecule has 0 saturated heterocycles. The number of hydrogen-bond donors (Lipinski definition) is 2. The van der Waals surface area contributed by atoms with Crippen molar-refractivity contribution in [2.45, 2.75) is 6.61 Å². The molecular formula is C21H17N3O2. The largest absolute Gasteiger partial charge is 0.488 e. The number of amides is 1. The summed E-state index contributed by atoms with van der Waals surface area (Å²) < 4.78 is 5.86. The Kier molecular flexibility index (Phi) is 4.35. The van der Waals surface area contributed by atoms with Crippen LogP contribution >= 0.6 is 0 Å². The third-order valence-corrected chi connectivity index (χ3v) is 4.07. The summed E-state index contributed by atoms with van der Waals surface area (Å²) in [7, 11) is 0. The van der Waals surface area contributed by atoms with Crippen LogP contribution in [0, 0.1) is 0 Å². The Bertz CT molecular complexity index is 1040. The summed E-state index contributed by atoms with van der Waals surface area (Å²) >= 11 is 0. The summed E-state index contributed by atoms with van der Waals surface area (Å²) in [6.07, 6.45) is 1.74. The van der Waals surface area contributed by atoms with Crippen LogP contribution in [0.3, 0.4) is 0 Å². The lowest BCUT2D eigenvalue weighted by Crippen LogP contribution is -2.13. The molecule has 0 fully saturated rings. The molecule has 0 aliphatic carbocycles. The predicted octanol–water partition coefficient (Wildman–Crippen LogP) is 4.39. The standard InChI is InChI=1S/C21H17N3O2/c25-21(23-17-11-10-16-13-22-24-19(16)12-17)18-8-4-5-9-20(18)26-14-15-6-2-1-3-7-15/h1-13H,14H2,(H,22,24)(H,23,25). The first-order valence-corrected chi connectivity index (χ1v) is 8.30. The summed E-state index contributed by atoms with van der Waals surface area (Å²) in [6, 6.07) is 22.7. The summed E-state index contributed by atoms with van der Waals surface area (Å²) in [5.74, 6) is 0.337. The van der Waals surface area contributed by atoms with Crippen LogP contribution in [0.4, 0.5) is 5.69 Å². The van der Waals surface area contributed by atoms with E-state index in [-0.39, 0.29) is 5.91 Å². The second-order valence-corrected chi connectivity index (χ2v) is 5.90. The van der Waals surface area contributed by atoms with Crippen molar-refractivity contribution in [1.82, 2.24) is 10.2 Å². The second-order valence-electron chi connectivity index (χ2n) is 5.90. The number of anilines is 1. The lowest BCUT2D eigenvalue weighted by molar-refractivity contribution is 0.102. The van der Waals surface area contributed by atoms with Crippen LogP contribution in [-0.2, 0) is 6.61 Å². The first-order valence-electron chi connectivity index (χ1n) is 8.30. The highest BCUT2D eigenvalue weighted by Crippen LogP contribution is 2.22. The summed E-state index contributed by atoms with van der Waals surface area (Å²) in [5, 5.41) is 10.8. The number of fused-ring (bicyclic) bond motifs is 1. The van der Waals surface area contributed by atoms with Crippen LogP contribution in [0.25, 0.3) is 10.9 Å². The fourth-order valence-electron chi connectivity index (χ4n) is 2.73. The van der Waals surface area contributed by atoms with Gasteiger partial charge in [0.15, 0.2) is 0 Å². The summed E-state index contributed by atoms with van der Waals surface area (Å²) in [6.45, 7) is 0.408. The minimum Gasteiger partial charge on any atom is -0.488 e. The van der Waals surface area contributed by atoms with Crippen molar-refractivity contribution in [2.24, 2.45) is 0 Å². The molecule has 3 aromatic carbocycles. The molecule has 0 bridgehead atoms.